The van der Waals surface area contributed by atoms with Crippen molar-refractivity contribution in [3.63, 3.8) is 0 Å². The topological polar surface area (TPSA) is 140 Å². The number of anilines is 1. The number of hydrogen-bond donors (Lipinski definition) is 2. The molecule has 1 spiro atoms. The maximum Gasteiger partial charge on any atom is 0.490 e. The summed E-state index contributed by atoms with van der Waals surface area (Å²) < 4.78 is 63.5. The van der Waals surface area contributed by atoms with Gasteiger partial charge in [0, 0.05) is 57.5 Å². The van der Waals surface area contributed by atoms with E-state index >= 15 is 0 Å². The van der Waals surface area contributed by atoms with Gasteiger partial charge in [0.2, 0.25) is 5.91 Å². The van der Waals surface area contributed by atoms with Crippen LogP contribution in [-0.4, -0.2) is 104 Å². The van der Waals surface area contributed by atoms with Gasteiger partial charge in [0.15, 0.2) is 0 Å². The Labute approximate surface area is 224 Å². The first-order chi connectivity index (χ1) is 18.6. The second kappa shape index (κ2) is 13.4. The molecule has 0 radical (unpaired) electrons. The monoisotopic (exact) mass is 580 g/mol. The number of amides is 1. The number of rotatable bonds is 3. The maximum absolute atomic E-state index is 13.4. The number of alkyl halides is 6. The number of carboxylic acid groups (broad SMARTS) is 2. The van der Waals surface area contributed by atoms with Gasteiger partial charge in [-0.2, -0.15) is 26.3 Å². The van der Waals surface area contributed by atoms with Gasteiger partial charge >= 0.3 is 24.3 Å². The summed E-state index contributed by atoms with van der Waals surface area (Å²) in [5.74, 6) is -4.38. The summed E-state index contributed by atoms with van der Waals surface area (Å²) >= 11 is 0. The molecule has 2 saturated heterocycles. The molecule has 0 bridgehead atoms. The highest BCUT2D eigenvalue weighted by Gasteiger charge is 2.49. The van der Waals surface area contributed by atoms with Gasteiger partial charge in [0.1, 0.15) is 11.4 Å². The Bertz CT molecular complexity index is 1100. The Kier molecular flexibility index (Phi) is 10.8. The molecule has 11 nitrogen and oxygen atoms in total. The van der Waals surface area contributed by atoms with Gasteiger partial charge in [-0.1, -0.05) is 6.07 Å². The molecule has 2 aromatic heterocycles. The Morgan fingerprint density at radius 1 is 0.900 bits per heavy atom. The van der Waals surface area contributed by atoms with Crippen LogP contribution in [0.5, 0.6) is 0 Å². The third-order valence-electron chi connectivity index (χ3n) is 6.17. The molecule has 2 N–H and O–H groups in total. The summed E-state index contributed by atoms with van der Waals surface area (Å²) in [6.07, 6.45) is 0.245. The number of halogens is 6. The average molecular weight is 580 g/mol. The highest BCUT2D eigenvalue weighted by Crippen LogP contribution is 2.34. The van der Waals surface area contributed by atoms with Crippen molar-refractivity contribution in [2.75, 3.05) is 38.1 Å². The molecule has 2 aromatic rings. The molecule has 0 atom stereocenters. The summed E-state index contributed by atoms with van der Waals surface area (Å²) in [7, 11) is 2.08. The van der Waals surface area contributed by atoms with Gasteiger partial charge in [-0.25, -0.2) is 14.6 Å². The van der Waals surface area contributed by atoms with Gasteiger partial charge in [-0.3, -0.25) is 19.7 Å². The molecule has 2 aliphatic heterocycles. The Morgan fingerprint density at radius 3 is 1.90 bits per heavy atom. The molecule has 1 amide bonds. The minimum Gasteiger partial charge on any atom is -0.475 e. The molecule has 0 aromatic carbocycles. The summed E-state index contributed by atoms with van der Waals surface area (Å²) in [5, 5.41) is 14.2. The molecule has 2 aliphatic rings. The van der Waals surface area contributed by atoms with Crippen LogP contribution in [-0.2, 0) is 20.9 Å². The average Bonchev–Trinajstić information content (AvgIpc) is 2.90. The Morgan fingerprint density at radius 2 is 1.45 bits per heavy atom. The fraction of sp³-hybridized carbons (Fsp3) is 0.478. The highest BCUT2D eigenvalue weighted by molar-refractivity contribution is 5.87. The molecule has 0 aliphatic carbocycles. The molecule has 2 fully saturated rings. The van der Waals surface area contributed by atoms with Crippen molar-refractivity contribution in [1.82, 2.24) is 24.8 Å². The van der Waals surface area contributed by atoms with Gasteiger partial charge < -0.3 is 20.0 Å². The first-order valence-corrected chi connectivity index (χ1v) is 11.6. The second-order valence-electron chi connectivity index (χ2n) is 8.70. The normalized spacial score (nSPS) is 17.3. The summed E-state index contributed by atoms with van der Waals surface area (Å²) in [6, 6.07) is 3.95. The van der Waals surface area contributed by atoms with Gasteiger partial charge in [0.25, 0.3) is 0 Å². The predicted molar refractivity (Wildman–Crippen MR) is 126 cm³/mol. The fourth-order valence-corrected chi connectivity index (χ4v) is 4.06. The number of carboxylic acids is 2. The molecule has 4 rings (SSSR count). The summed E-state index contributed by atoms with van der Waals surface area (Å²) in [5.41, 5.74) is 0.677. The predicted octanol–water partition coefficient (Wildman–Crippen LogP) is 2.45. The number of nitrogens with zero attached hydrogens (tertiary/aromatic N) is 6. The van der Waals surface area contributed by atoms with Crippen molar-refractivity contribution >= 4 is 23.7 Å². The van der Waals surface area contributed by atoms with Crippen LogP contribution in [0.2, 0.25) is 0 Å². The minimum atomic E-state index is -5.08. The van der Waals surface area contributed by atoms with E-state index in [2.05, 4.69) is 31.8 Å². The molecule has 40 heavy (non-hydrogen) atoms. The SMILES string of the molecule is CN1CCN(Cc2cccnc2)C(=O)C12CCN(c1cnccn1)CC2.O=C(O)C(F)(F)F.O=C(O)C(F)(F)F. The van der Waals surface area contributed by atoms with Crippen LogP contribution < -0.4 is 4.90 Å². The van der Waals surface area contributed by atoms with E-state index in [-0.39, 0.29) is 5.91 Å². The van der Waals surface area contributed by atoms with Crippen LogP contribution in [0.25, 0.3) is 0 Å². The van der Waals surface area contributed by atoms with Crippen LogP contribution in [0.1, 0.15) is 18.4 Å². The molecular weight excluding hydrogens is 554 g/mol. The maximum atomic E-state index is 13.4. The number of aromatic nitrogens is 3. The standard InChI is InChI=1S/C19H24N6O.2C2HF3O2/c1-23-11-12-25(15-16-3-2-6-20-13-16)18(26)19(23)4-9-24(10-5-19)17-14-21-7-8-22-17;2*3-2(4,5)1(6)7/h2-3,6-8,13-14H,4-5,9-12,15H2,1H3;2*(H,6,7). The third kappa shape index (κ3) is 8.75. The molecule has 0 unspecified atom stereocenters. The number of piperidine rings is 1. The van der Waals surface area contributed by atoms with E-state index in [1.807, 2.05) is 23.2 Å². The second-order valence-corrected chi connectivity index (χ2v) is 8.70. The van der Waals surface area contributed by atoms with Gasteiger partial charge in [-0.15, -0.1) is 0 Å². The van der Waals surface area contributed by atoms with E-state index in [0.717, 1.165) is 50.4 Å². The molecule has 17 heteroatoms. The van der Waals surface area contributed by atoms with Crippen molar-refractivity contribution in [1.29, 1.82) is 0 Å². The van der Waals surface area contributed by atoms with E-state index in [1.54, 1.807) is 24.8 Å². The number of aliphatic carboxylic acids is 2. The van der Waals surface area contributed by atoms with E-state index in [4.69, 9.17) is 19.8 Å². The number of piperazine rings is 1. The van der Waals surface area contributed by atoms with Crippen molar-refractivity contribution < 1.29 is 50.9 Å². The number of hydrogen-bond acceptors (Lipinski definition) is 8. The number of likely N-dealkylation sites (N-methyl/N-ethyl adjacent to an activating group) is 1. The zero-order valence-electron chi connectivity index (χ0n) is 21.1. The lowest BCUT2D eigenvalue weighted by Gasteiger charge is -2.51. The van der Waals surface area contributed by atoms with Crippen LogP contribution in [0.15, 0.2) is 43.1 Å². The molecule has 0 saturated carbocycles. The van der Waals surface area contributed by atoms with Crippen LogP contribution in [0.3, 0.4) is 0 Å². The zero-order chi connectivity index (χ0) is 30.1. The van der Waals surface area contributed by atoms with Gasteiger partial charge in [0.05, 0.1) is 6.20 Å². The van der Waals surface area contributed by atoms with E-state index in [0.29, 0.717) is 6.54 Å². The molecule has 4 heterocycles. The summed E-state index contributed by atoms with van der Waals surface area (Å²) in [6.45, 7) is 3.93. The number of pyridine rings is 1. The lowest BCUT2D eigenvalue weighted by atomic mass is 9.82. The first kappa shape index (κ1) is 32.2. The first-order valence-electron chi connectivity index (χ1n) is 11.6. The van der Waals surface area contributed by atoms with E-state index < -0.39 is 29.8 Å². The third-order valence-corrected chi connectivity index (χ3v) is 6.17. The largest absolute Gasteiger partial charge is 0.490 e. The lowest BCUT2D eigenvalue weighted by molar-refractivity contribution is -0.193. The van der Waals surface area contributed by atoms with E-state index in [9.17, 15) is 31.1 Å². The van der Waals surface area contributed by atoms with Crippen LogP contribution in [0.4, 0.5) is 32.2 Å². The van der Waals surface area contributed by atoms with Gasteiger partial charge in [-0.05, 0) is 31.5 Å². The minimum absolute atomic E-state index is 0.244. The smallest absolute Gasteiger partial charge is 0.475 e. The van der Waals surface area contributed by atoms with E-state index in [1.165, 1.54) is 0 Å². The lowest BCUT2D eigenvalue weighted by Crippen LogP contribution is -2.67. The zero-order valence-corrected chi connectivity index (χ0v) is 21.1. The molecular formula is C23H26F6N6O5. The van der Waals surface area contributed by atoms with Crippen molar-refractivity contribution in [3.8, 4) is 0 Å². The van der Waals surface area contributed by atoms with Crippen molar-refractivity contribution in [2.24, 2.45) is 0 Å². The number of carbonyl (C=O) groups is 3. The fourth-order valence-electron chi connectivity index (χ4n) is 4.06. The van der Waals surface area contributed by atoms with Crippen LogP contribution in [0, 0.1) is 0 Å². The van der Waals surface area contributed by atoms with Crippen molar-refractivity contribution in [3.05, 3.63) is 48.7 Å². The molecule has 220 valence electrons. The quantitative estimate of drug-likeness (QED) is 0.521. The van der Waals surface area contributed by atoms with Crippen LogP contribution >= 0.6 is 0 Å². The Balaban J connectivity index is 0.000000333. The Hall–Kier alpha value is -4.02. The number of carbonyl (C=O) groups excluding carboxylic acids is 1. The summed E-state index contributed by atoms with van der Waals surface area (Å²) in [4.78, 5) is 50.4. The van der Waals surface area contributed by atoms with Crippen molar-refractivity contribution in [2.45, 2.75) is 37.3 Å². The highest BCUT2D eigenvalue weighted by atomic mass is 19.4.